The van der Waals surface area contributed by atoms with Crippen molar-refractivity contribution in [3.05, 3.63) is 69.2 Å². The fourth-order valence-electron chi connectivity index (χ4n) is 3.07. The van der Waals surface area contributed by atoms with E-state index in [9.17, 15) is 22.4 Å². The first-order valence-electron chi connectivity index (χ1n) is 8.26. The highest BCUT2D eigenvalue weighted by Crippen LogP contribution is 2.44. The molecule has 0 saturated carbocycles. The zero-order chi connectivity index (χ0) is 21.1. The summed E-state index contributed by atoms with van der Waals surface area (Å²) in [7, 11) is 1.36. The average Bonchev–Trinajstić information content (AvgIpc) is 2.61. The lowest BCUT2D eigenvalue weighted by Gasteiger charge is -2.30. The van der Waals surface area contributed by atoms with Crippen LogP contribution in [0.15, 0.2) is 40.9 Å². The summed E-state index contributed by atoms with van der Waals surface area (Å²) in [6.07, 6.45) is -4.88. The zero-order valence-electron chi connectivity index (χ0n) is 15.4. The number of alkyl halides is 3. The Bertz CT molecular complexity index is 882. The average molecular weight is 398 g/mol. The van der Waals surface area contributed by atoms with Gasteiger partial charge < -0.3 is 14.8 Å². The summed E-state index contributed by atoms with van der Waals surface area (Å²) in [5.74, 6) is -3.33. The summed E-state index contributed by atoms with van der Waals surface area (Å²) in [5.41, 5.74) is -1.48. The number of allylic oxidation sites excluding steroid dienone is 2. The van der Waals surface area contributed by atoms with Crippen molar-refractivity contribution in [2.24, 2.45) is 0 Å². The third-order valence-corrected chi connectivity index (χ3v) is 4.15. The number of ether oxygens (including phenoxy) is 2. The number of rotatable bonds is 5. The van der Waals surface area contributed by atoms with Gasteiger partial charge in [0.05, 0.1) is 42.5 Å². The van der Waals surface area contributed by atoms with Crippen molar-refractivity contribution in [3.8, 4) is 0 Å². The minimum Gasteiger partial charge on any atom is -0.463 e. The molecule has 1 heterocycles. The molecule has 5 nitrogen and oxygen atoms in total. The van der Waals surface area contributed by atoms with Crippen molar-refractivity contribution < 1.29 is 31.8 Å². The van der Waals surface area contributed by atoms with Gasteiger partial charge in [-0.05, 0) is 31.5 Å². The van der Waals surface area contributed by atoms with Crippen LogP contribution >= 0.6 is 0 Å². The van der Waals surface area contributed by atoms with Gasteiger partial charge in [-0.2, -0.15) is 13.2 Å². The molecule has 1 unspecified atom stereocenters. The summed E-state index contributed by atoms with van der Waals surface area (Å²) >= 11 is 0. The van der Waals surface area contributed by atoms with Gasteiger partial charge in [0, 0.05) is 12.8 Å². The maximum atomic E-state index is 13.6. The molecule has 28 heavy (non-hydrogen) atoms. The van der Waals surface area contributed by atoms with Crippen molar-refractivity contribution in [1.29, 1.82) is 0 Å². The van der Waals surface area contributed by atoms with Crippen molar-refractivity contribution >= 4 is 5.97 Å². The zero-order valence-corrected chi connectivity index (χ0v) is 15.4. The molecule has 0 fully saturated rings. The predicted octanol–water partition coefficient (Wildman–Crippen LogP) is 4.15. The Hall–Kier alpha value is -2.86. The van der Waals surface area contributed by atoms with Gasteiger partial charge in [-0.3, -0.25) is 0 Å². The number of dihydropyridines is 1. The first kappa shape index (κ1) is 21.4. The van der Waals surface area contributed by atoms with Crippen LogP contribution in [0.25, 0.3) is 4.85 Å². The van der Waals surface area contributed by atoms with Crippen LogP contribution in [0.2, 0.25) is 0 Å². The highest BCUT2D eigenvalue weighted by Gasteiger charge is 2.42. The van der Waals surface area contributed by atoms with Crippen LogP contribution in [0, 0.1) is 12.4 Å². The number of nitrogens with one attached hydrogen (secondary N) is 1. The minimum atomic E-state index is -4.88. The van der Waals surface area contributed by atoms with E-state index in [0.717, 1.165) is 12.1 Å². The third kappa shape index (κ3) is 4.17. The third-order valence-electron chi connectivity index (χ3n) is 4.15. The highest BCUT2D eigenvalue weighted by molar-refractivity contribution is 5.93. The number of hydrogen-bond acceptors (Lipinski definition) is 4. The molecule has 1 aliphatic rings. The van der Waals surface area contributed by atoms with Crippen LogP contribution in [0.1, 0.15) is 30.9 Å². The fourth-order valence-corrected chi connectivity index (χ4v) is 3.07. The first-order chi connectivity index (χ1) is 13.1. The molecule has 2 rings (SSSR count). The topological polar surface area (TPSA) is 51.9 Å². The van der Waals surface area contributed by atoms with E-state index in [2.05, 4.69) is 10.2 Å². The molecule has 150 valence electrons. The van der Waals surface area contributed by atoms with Crippen LogP contribution in [0.3, 0.4) is 0 Å². The number of hydrogen-bond donors (Lipinski definition) is 1. The number of esters is 1. The molecule has 1 aromatic carbocycles. The molecule has 0 aliphatic carbocycles. The Morgan fingerprint density at radius 3 is 2.57 bits per heavy atom. The number of carbonyl (C=O) groups excluding carboxylic acids is 1. The number of carbonyl (C=O) groups is 1. The lowest BCUT2D eigenvalue weighted by atomic mass is 9.81. The quantitative estimate of drug-likeness (QED) is 0.460. The smallest absolute Gasteiger partial charge is 0.416 e. The SMILES string of the molecule is [C-]#[N+]C1=C(C)NC(COC)=C(C(=O)OCC)C1c1ccc(F)cc1C(F)(F)F. The van der Waals surface area contributed by atoms with E-state index in [0.29, 0.717) is 6.07 Å². The fraction of sp³-hybridized carbons (Fsp3) is 0.368. The molecule has 0 spiro atoms. The van der Waals surface area contributed by atoms with Gasteiger partial charge in [0.25, 0.3) is 0 Å². The molecule has 1 aromatic rings. The van der Waals surface area contributed by atoms with Crippen molar-refractivity contribution in [1.82, 2.24) is 5.32 Å². The number of benzene rings is 1. The maximum absolute atomic E-state index is 13.6. The van der Waals surface area contributed by atoms with Crippen LogP contribution < -0.4 is 5.32 Å². The summed E-state index contributed by atoms with van der Waals surface area (Å²) in [6, 6.07) is 2.16. The second-order valence-electron chi connectivity index (χ2n) is 5.96. The summed E-state index contributed by atoms with van der Waals surface area (Å²) in [4.78, 5) is 15.9. The molecule has 1 aliphatic heterocycles. The Balaban J connectivity index is 2.83. The second kappa shape index (κ2) is 8.44. The lowest BCUT2D eigenvalue weighted by Crippen LogP contribution is -2.32. The molecule has 0 aromatic heterocycles. The molecule has 0 bridgehead atoms. The van der Waals surface area contributed by atoms with E-state index in [1.54, 1.807) is 6.92 Å². The molecule has 9 heteroatoms. The van der Waals surface area contributed by atoms with E-state index in [1.807, 2.05) is 0 Å². The van der Waals surface area contributed by atoms with Gasteiger partial charge in [-0.15, -0.1) is 0 Å². The Labute approximate surface area is 159 Å². The van der Waals surface area contributed by atoms with Crippen molar-refractivity contribution in [2.75, 3.05) is 20.3 Å². The monoisotopic (exact) mass is 398 g/mol. The molecule has 0 amide bonds. The molecular formula is C19H18F4N2O3. The van der Waals surface area contributed by atoms with Gasteiger partial charge in [-0.25, -0.2) is 14.0 Å². The lowest BCUT2D eigenvalue weighted by molar-refractivity contribution is -0.140. The van der Waals surface area contributed by atoms with E-state index in [-0.39, 0.29) is 35.9 Å². The standard InChI is InChI=1S/C19H18F4N2O3/c1-5-28-18(26)16-14(9-27-4)25-10(2)17(24-3)15(16)12-7-6-11(20)8-13(12)19(21,22)23/h6-8,15,25H,5,9H2,1-2,4H3. The normalized spacial score (nSPS) is 17.3. The van der Waals surface area contributed by atoms with E-state index in [4.69, 9.17) is 16.0 Å². The Morgan fingerprint density at radius 2 is 2.04 bits per heavy atom. The number of methoxy groups -OCH3 is 1. The Kier molecular flexibility index (Phi) is 6.46. The van der Waals surface area contributed by atoms with Gasteiger partial charge in [0.15, 0.2) is 5.70 Å². The van der Waals surface area contributed by atoms with Gasteiger partial charge in [-0.1, -0.05) is 6.07 Å². The van der Waals surface area contributed by atoms with Crippen LogP contribution in [0.4, 0.5) is 17.6 Å². The van der Waals surface area contributed by atoms with Crippen LogP contribution in [-0.2, 0) is 20.4 Å². The van der Waals surface area contributed by atoms with Crippen LogP contribution in [-0.4, -0.2) is 26.3 Å². The van der Waals surface area contributed by atoms with E-state index < -0.39 is 35.0 Å². The largest absolute Gasteiger partial charge is 0.463 e. The predicted molar refractivity (Wildman–Crippen MR) is 92.1 cm³/mol. The molecule has 0 saturated heterocycles. The maximum Gasteiger partial charge on any atom is 0.416 e. The van der Waals surface area contributed by atoms with Crippen molar-refractivity contribution in [3.63, 3.8) is 0 Å². The van der Waals surface area contributed by atoms with Gasteiger partial charge in [0.2, 0.25) is 0 Å². The Morgan fingerprint density at radius 1 is 1.36 bits per heavy atom. The number of nitrogens with zero attached hydrogens (tertiary/aromatic N) is 1. The molecule has 1 N–H and O–H groups in total. The van der Waals surface area contributed by atoms with Gasteiger partial charge >= 0.3 is 12.1 Å². The van der Waals surface area contributed by atoms with Crippen LogP contribution in [0.5, 0.6) is 0 Å². The molecule has 1 atom stereocenters. The summed E-state index contributed by atoms with van der Waals surface area (Å²) in [6.45, 7) is 10.4. The first-order valence-corrected chi connectivity index (χ1v) is 8.26. The summed E-state index contributed by atoms with van der Waals surface area (Å²) < 4.78 is 64.4. The molecule has 0 radical (unpaired) electrons. The second-order valence-corrected chi connectivity index (χ2v) is 5.96. The molecular weight excluding hydrogens is 380 g/mol. The van der Waals surface area contributed by atoms with E-state index >= 15 is 0 Å². The highest BCUT2D eigenvalue weighted by atomic mass is 19.4. The minimum absolute atomic E-state index is 0.0130. The van der Waals surface area contributed by atoms with E-state index in [1.165, 1.54) is 14.0 Å². The number of halogens is 4. The van der Waals surface area contributed by atoms with Crippen molar-refractivity contribution in [2.45, 2.75) is 25.9 Å². The summed E-state index contributed by atoms with van der Waals surface area (Å²) in [5, 5.41) is 2.84. The van der Waals surface area contributed by atoms with Gasteiger partial charge in [0.1, 0.15) is 5.82 Å².